The monoisotopic (exact) mass is 280 g/mol. The average Bonchev–Trinajstić information content (AvgIpc) is 3.15. The van der Waals surface area contributed by atoms with Gasteiger partial charge in [-0.3, -0.25) is 0 Å². The molecule has 0 heterocycles. The molecule has 0 aliphatic heterocycles. The normalized spacial score (nSPS) is 22.1. The van der Waals surface area contributed by atoms with Crippen LogP contribution in [0.15, 0.2) is 24.3 Å². The third-order valence-electron chi connectivity index (χ3n) is 3.62. The maximum Gasteiger partial charge on any atom is 0.315 e. The van der Waals surface area contributed by atoms with E-state index in [9.17, 15) is 14.3 Å². The molecule has 1 aromatic rings. The van der Waals surface area contributed by atoms with Gasteiger partial charge in [-0.25, -0.2) is 9.18 Å². The highest BCUT2D eigenvalue weighted by molar-refractivity contribution is 5.74. The zero-order chi connectivity index (χ0) is 14.5. The number of urea groups is 1. The molecule has 2 rings (SSSR count). The first-order valence-corrected chi connectivity index (χ1v) is 7.08. The van der Waals surface area contributed by atoms with Crippen LogP contribution in [0.3, 0.4) is 0 Å². The van der Waals surface area contributed by atoms with Gasteiger partial charge in [0.25, 0.3) is 0 Å². The van der Waals surface area contributed by atoms with E-state index in [1.165, 1.54) is 12.1 Å². The van der Waals surface area contributed by atoms with Gasteiger partial charge in [-0.1, -0.05) is 31.5 Å². The highest BCUT2D eigenvalue weighted by Gasteiger charge is 2.37. The summed E-state index contributed by atoms with van der Waals surface area (Å²) >= 11 is 0. The Hall–Kier alpha value is -1.62. The van der Waals surface area contributed by atoms with E-state index in [0.29, 0.717) is 5.92 Å². The van der Waals surface area contributed by atoms with Crippen molar-refractivity contribution >= 4 is 6.03 Å². The number of benzene rings is 1. The maximum absolute atomic E-state index is 13.4. The molecule has 110 valence electrons. The van der Waals surface area contributed by atoms with Crippen LogP contribution in [0.5, 0.6) is 0 Å². The highest BCUT2D eigenvalue weighted by Crippen LogP contribution is 2.34. The van der Waals surface area contributed by atoms with Crippen molar-refractivity contribution in [2.45, 2.75) is 38.3 Å². The van der Waals surface area contributed by atoms with Gasteiger partial charge in [0.2, 0.25) is 0 Å². The van der Waals surface area contributed by atoms with E-state index in [0.717, 1.165) is 19.3 Å². The van der Waals surface area contributed by atoms with Crippen molar-refractivity contribution in [3.05, 3.63) is 35.6 Å². The SMILES string of the molecule is CCCC1CC1NC(=O)NCC(O)c1ccccc1F. The third-order valence-corrected chi connectivity index (χ3v) is 3.62. The number of aliphatic hydroxyl groups excluding tert-OH is 1. The van der Waals surface area contributed by atoms with Gasteiger partial charge >= 0.3 is 6.03 Å². The summed E-state index contributed by atoms with van der Waals surface area (Å²) in [5.74, 6) is 0.120. The van der Waals surface area contributed by atoms with Crippen molar-refractivity contribution in [2.75, 3.05) is 6.54 Å². The van der Waals surface area contributed by atoms with Crippen molar-refractivity contribution in [1.29, 1.82) is 0 Å². The van der Waals surface area contributed by atoms with Crippen LogP contribution in [-0.2, 0) is 0 Å². The molecule has 5 heteroatoms. The third kappa shape index (κ3) is 3.93. The van der Waals surface area contributed by atoms with Crippen LogP contribution < -0.4 is 10.6 Å². The van der Waals surface area contributed by atoms with Gasteiger partial charge in [0, 0.05) is 18.2 Å². The molecular formula is C15H21FN2O2. The lowest BCUT2D eigenvalue weighted by Gasteiger charge is -2.13. The van der Waals surface area contributed by atoms with E-state index in [4.69, 9.17) is 0 Å². The van der Waals surface area contributed by atoms with E-state index >= 15 is 0 Å². The first kappa shape index (κ1) is 14.8. The van der Waals surface area contributed by atoms with E-state index < -0.39 is 11.9 Å². The van der Waals surface area contributed by atoms with Crippen LogP contribution in [0.1, 0.15) is 37.9 Å². The Morgan fingerprint density at radius 3 is 2.95 bits per heavy atom. The molecule has 3 atom stereocenters. The largest absolute Gasteiger partial charge is 0.386 e. The molecule has 1 aromatic carbocycles. The second-order valence-electron chi connectivity index (χ2n) is 5.28. The molecule has 0 radical (unpaired) electrons. The second kappa shape index (κ2) is 6.70. The molecule has 0 bridgehead atoms. The van der Waals surface area contributed by atoms with Crippen molar-refractivity contribution in [2.24, 2.45) is 5.92 Å². The molecule has 4 nitrogen and oxygen atoms in total. The molecule has 1 aliphatic carbocycles. The number of carbonyl (C=O) groups excluding carboxylic acids is 1. The lowest BCUT2D eigenvalue weighted by atomic mass is 10.1. The van der Waals surface area contributed by atoms with Gasteiger partial charge in [-0.2, -0.15) is 0 Å². The molecule has 0 saturated heterocycles. The number of hydrogen-bond donors (Lipinski definition) is 3. The summed E-state index contributed by atoms with van der Waals surface area (Å²) in [5.41, 5.74) is 0.197. The van der Waals surface area contributed by atoms with Crippen LogP contribution in [0, 0.1) is 11.7 Å². The summed E-state index contributed by atoms with van der Waals surface area (Å²) in [7, 11) is 0. The number of amides is 2. The number of carbonyl (C=O) groups is 1. The number of rotatable bonds is 6. The predicted molar refractivity (Wildman–Crippen MR) is 74.7 cm³/mol. The van der Waals surface area contributed by atoms with Crippen LogP contribution >= 0.6 is 0 Å². The Morgan fingerprint density at radius 2 is 2.25 bits per heavy atom. The average molecular weight is 280 g/mol. The summed E-state index contributed by atoms with van der Waals surface area (Å²) in [6, 6.07) is 5.97. The standard InChI is InChI=1S/C15H21FN2O2/c1-2-5-10-8-13(10)18-15(20)17-9-14(19)11-6-3-4-7-12(11)16/h3-4,6-7,10,13-14,19H,2,5,8-9H2,1H3,(H2,17,18,20). The lowest BCUT2D eigenvalue weighted by Crippen LogP contribution is -2.39. The van der Waals surface area contributed by atoms with Gasteiger partial charge < -0.3 is 15.7 Å². The number of nitrogens with one attached hydrogen (secondary N) is 2. The summed E-state index contributed by atoms with van der Waals surface area (Å²) in [6.07, 6.45) is 2.24. The summed E-state index contributed by atoms with van der Waals surface area (Å²) in [6.45, 7) is 2.12. The predicted octanol–water partition coefficient (Wildman–Crippen LogP) is 2.35. The van der Waals surface area contributed by atoms with Crippen LogP contribution in [0.2, 0.25) is 0 Å². The van der Waals surface area contributed by atoms with E-state index in [1.54, 1.807) is 12.1 Å². The molecule has 3 unspecified atom stereocenters. The number of aliphatic hydroxyl groups is 1. The fraction of sp³-hybridized carbons (Fsp3) is 0.533. The highest BCUT2D eigenvalue weighted by atomic mass is 19.1. The quantitative estimate of drug-likeness (QED) is 0.749. The van der Waals surface area contributed by atoms with Gasteiger partial charge in [0.05, 0.1) is 6.10 Å². The van der Waals surface area contributed by atoms with Gasteiger partial charge in [-0.05, 0) is 24.8 Å². The molecule has 20 heavy (non-hydrogen) atoms. The zero-order valence-electron chi connectivity index (χ0n) is 11.6. The van der Waals surface area contributed by atoms with Crippen molar-refractivity contribution < 1.29 is 14.3 Å². The van der Waals surface area contributed by atoms with Crippen LogP contribution in [0.25, 0.3) is 0 Å². The smallest absolute Gasteiger partial charge is 0.315 e. The molecule has 0 spiro atoms. The molecule has 1 saturated carbocycles. The van der Waals surface area contributed by atoms with E-state index in [1.807, 2.05) is 0 Å². The minimum absolute atomic E-state index is 0.00205. The molecule has 0 aromatic heterocycles. The molecular weight excluding hydrogens is 259 g/mol. The second-order valence-corrected chi connectivity index (χ2v) is 5.28. The summed E-state index contributed by atoms with van der Waals surface area (Å²) < 4.78 is 13.4. The Balaban J connectivity index is 1.72. The summed E-state index contributed by atoms with van der Waals surface area (Å²) in [5, 5.41) is 15.3. The topological polar surface area (TPSA) is 61.4 Å². The van der Waals surface area contributed by atoms with Gasteiger partial charge in [-0.15, -0.1) is 0 Å². The summed E-state index contributed by atoms with van der Waals surface area (Å²) in [4.78, 5) is 11.6. The first-order valence-electron chi connectivity index (χ1n) is 7.08. The van der Waals surface area contributed by atoms with E-state index in [2.05, 4.69) is 17.6 Å². The number of hydrogen-bond acceptors (Lipinski definition) is 2. The molecule has 1 aliphatic rings. The van der Waals surface area contributed by atoms with Crippen molar-refractivity contribution in [3.8, 4) is 0 Å². The zero-order valence-corrected chi connectivity index (χ0v) is 11.6. The molecule has 3 N–H and O–H groups in total. The maximum atomic E-state index is 13.4. The Bertz CT molecular complexity index is 467. The first-order chi connectivity index (χ1) is 9.61. The fourth-order valence-corrected chi connectivity index (χ4v) is 2.38. The molecule has 1 fully saturated rings. The van der Waals surface area contributed by atoms with Gasteiger partial charge in [0.1, 0.15) is 5.82 Å². The molecule has 2 amide bonds. The van der Waals surface area contributed by atoms with Crippen molar-refractivity contribution in [3.63, 3.8) is 0 Å². The Morgan fingerprint density at radius 1 is 1.50 bits per heavy atom. The minimum Gasteiger partial charge on any atom is -0.386 e. The Labute approximate surface area is 118 Å². The van der Waals surface area contributed by atoms with Crippen molar-refractivity contribution in [1.82, 2.24) is 10.6 Å². The minimum atomic E-state index is -1.03. The number of halogens is 1. The van der Waals surface area contributed by atoms with E-state index in [-0.39, 0.29) is 24.2 Å². The Kier molecular flexibility index (Phi) is 4.95. The fourth-order valence-electron chi connectivity index (χ4n) is 2.38. The van der Waals surface area contributed by atoms with Crippen LogP contribution in [-0.4, -0.2) is 23.7 Å². The van der Waals surface area contributed by atoms with Crippen LogP contribution in [0.4, 0.5) is 9.18 Å². The lowest BCUT2D eigenvalue weighted by molar-refractivity contribution is 0.168. The van der Waals surface area contributed by atoms with Gasteiger partial charge in [0.15, 0.2) is 0 Å².